The number of carbonyl (C=O) groups excluding carboxylic acids is 1. The maximum absolute atomic E-state index is 12.2. The van der Waals surface area contributed by atoms with E-state index in [-0.39, 0.29) is 17.9 Å². The molecule has 0 radical (unpaired) electrons. The van der Waals surface area contributed by atoms with Crippen LogP contribution in [0.5, 0.6) is 0 Å². The Labute approximate surface area is 129 Å². The number of rotatable bonds is 9. The monoisotopic (exact) mass is 290 g/mol. The summed E-state index contributed by atoms with van der Waals surface area (Å²) in [5.41, 5.74) is 1.27. The minimum atomic E-state index is 0.137. The highest BCUT2D eigenvalue weighted by Gasteiger charge is 2.20. The number of likely N-dealkylation sites (N-methyl/N-ethyl adjacent to an activating group) is 1. The second-order valence-electron chi connectivity index (χ2n) is 5.41. The van der Waals surface area contributed by atoms with E-state index in [0.29, 0.717) is 6.54 Å². The quantitative estimate of drug-likeness (QED) is 0.753. The number of benzene rings is 1. The van der Waals surface area contributed by atoms with Crippen LogP contribution < -0.4 is 5.32 Å². The maximum atomic E-state index is 12.2. The molecule has 0 saturated carbocycles. The first-order valence-corrected chi connectivity index (χ1v) is 8.24. The Balaban J connectivity index is 2.77. The van der Waals surface area contributed by atoms with Gasteiger partial charge < -0.3 is 5.32 Å². The van der Waals surface area contributed by atoms with Crippen molar-refractivity contribution in [2.24, 2.45) is 5.92 Å². The minimum Gasteiger partial charge on any atom is -0.354 e. The van der Waals surface area contributed by atoms with E-state index in [1.165, 1.54) is 5.56 Å². The fraction of sp³-hybridized carbons (Fsp3) is 0.611. The molecule has 0 aliphatic carbocycles. The van der Waals surface area contributed by atoms with E-state index in [1.807, 2.05) is 6.07 Å². The molecule has 0 saturated heterocycles. The molecule has 21 heavy (non-hydrogen) atoms. The SMILES string of the molecule is CCC(CC)C(=O)NCC(c1ccccc1)N(CC)CC. The van der Waals surface area contributed by atoms with E-state index in [9.17, 15) is 4.79 Å². The lowest BCUT2D eigenvalue weighted by molar-refractivity contribution is -0.125. The molecular weight excluding hydrogens is 260 g/mol. The molecule has 1 amide bonds. The molecule has 0 fully saturated rings. The van der Waals surface area contributed by atoms with Crippen molar-refractivity contribution >= 4 is 5.91 Å². The molecule has 1 unspecified atom stereocenters. The first kappa shape index (κ1) is 17.7. The number of hydrogen-bond donors (Lipinski definition) is 1. The van der Waals surface area contributed by atoms with Crippen LogP contribution in [0.3, 0.4) is 0 Å². The molecule has 0 bridgehead atoms. The smallest absolute Gasteiger partial charge is 0.223 e. The van der Waals surface area contributed by atoms with Crippen molar-refractivity contribution in [1.82, 2.24) is 10.2 Å². The van der Waals surface area contributed by atoms with E-state index >= 15 is 0 Å². The van der Waals surface area contributed by atoms with Crippen LogP contribution in [0.1, 0.15) is 52.1 Å². The van der Waals surface area contributed by atoms with E-state index in [4.69, 9.17) is 0 Å². The largest absolute Gasteiger partial charge is 0.354 e. The van der Waals surface area contributed by atoms with Gasteiger partial charge in [-0.2, -0.15) is 0 Å². The molecule has 1 aromatic carbocycles. The summed E-state index contributed by atoms with van der Waals surface area (Å²) < 4.78 is 0. The van der Waals surface area contributed by atoms with Gasteiger partial charge in [-0.3, -0.25) is 9.69 Å². The Hall–Kier alpha value is -1.35. The van der Waals surface area contributed by atoms with E-state index < -0.39 is 0 Å². The van der Waals surface area contributed by atoms with Crippen molar-refractivity contribution in [1.29, 1.82) is 0 Å². The van der Waals surface area contributed by atoms with Gasteiger partial charge >= 0.3 is 0 Å². The molecule has 0 aromatic heterocycles. The summed E-state index contributed by atoms with van der Waals surface area (Å²) in [7, 11) is 0. The molecule has 1 rings (SSSR count). The molecule has 118 valence electrons. The molecule has 1 aromatic rings. The molecule has 0 aliphatic heterocycles. The van der Waals surface area contributed by atoms with Gasteiger partial charge in [0.15, 0.2) is 0 Å². The molecular formula is C18H30N2O. The van der Waals surface area contributed by atoms with Crippen LogP contribution in [0.4, 0.5) is 0 Å². The third kappa shape index (κ3) is 5.16. The average Bonchev–Trinajstić information content (AvgIpc) is 2.53. The summed E-state index contributed by atoms with van der Waals surface area (Å²) >= 11 is 0. The number of nitrogens with one attached hydrogen (secondary N) is 1. The highest BCUT2D eigenvalue weighted by molar-refractivity contribution is 5.78. The normalized spacial score (nSPS) is 12.7. The van der Waals surface area contributed by atoms with Crippen LogP contribution in [0.2, 0.25) is 0 Å². The van der Waals surface area contributed by atoms with Gasteiger partial charge in [0.1, 0.15) is 0 Å². The third-order valence-electron chi connectivity index (χ3n) is 4.26. The van der Waals surface area contributed by atoms with Gasteiger partial charge in [0.2, 0.25) is 5.91 Å². The Kier molecular flexibility index (Phi) is 8.06. The Morgan fingerprint density at radius 1 is 1.05 bits per heavy atom. The molecule has 1 N–H and O–H groups in total. The van der Waals surface area contributed by atoms with Gasteiger partial charge in [0, 0.05) is 12.5 Å². The number of amides is 1. The van der Waals surface area contributed by atoms with E-state index in [2.05, 4.69) is 62.2 Å². The minimum absolute atomic E-state index is 0.137. The van der Waals surface area contributed by atoms with Crippen molar-refractivity contribution in [3.63, 3.8) is 0 Å². The first-order valence-electron chi connectivity index (χ1n) is 8.24. The van der Waals surface area contributed by atoms with Gasteiger partial charge in [0.25, 0.3) is 0 Å². The zero-order valence-corrected chi connectivity index (χ0v) is 13.9. The molecule has 3 nitrogen and oxygen atoms in total. The van der Waals surface area contributed by atoms with Crippen LogP contribution in [0, 0.1) is 5.92 Å². The fourth-order valence-corrected chi connectivity index (χ4v) is 2.80. The molecule has 0 aliphatic rings. The summed E-state index contributed by atoms with van der Waals surface area (Å²) in [6.07, 6.45) is 1.81. The maximum Gasteiger partial charge on any atom is 0.223 e. The van der Waals surface area contributed by atoms with Crippen molar-refractivity contribution < 1.29 is 4.79 Å². The summed E-state index contributed by atoms with van der Waals surface area (Å²) in [6, 6.07) is 10.7. The van der Waals surface area contributed by atoms with Crippen LogP contribution >= 0.6 is 0 Å². The number of nitrogens with zero attached hydrogens (tertiary/aromatic N) is 1. The van der Waals surface area contributed by atoms with Crippen LogP contribution in [0.15, 0.2) is 30.3 Å². The molecule has 0 spiro atoms. The summed E-state index contributed by atoms with van der Waals surface area (Å²) in [5.74, 6) is 0.325. The topological polar surface area (TPSA) is 32.3 Å². The van der Waals surface area contributed by atoms with Crippen molar-refractivity contribution in [3.05, 3.63) is 35.9 Å². The van der Waals surface area contributed by atoms with E-state index in [0.717, 1.165) is 25.9 Å². The second kappa shape index (κ2) is 9.56. The standard InChI is InChI=1S/C18H30N2O/c1-5-15(6-2)18(21)19-14-17(20(7-3)8-4)16-12-10-9-11-13-16/h9-13,15,17H,5-8,14H2,1-4H3,(H,19,21). The molecule has 1 atom stereocenters. The predicted molar refractivity (Wildman–Crippen MR) is 89.2 cm³/mol. The Bertz CT molecular complexity index is 397. The van der Waals surface area contributed by atoms with Crippen molar-refractivity contribution in [2.45, 2.75) is 46.6 Å². The Morgan fingerprint density at radius 2 is 1.62 bits per heavy atom. The zero-order valence-electron chi connectivity index (χ0n) is 13.9. The summed E-state index contributed by atoms with van der Waals surface area (Å²) in [4.78, 5) is 14.6. The molecule has 0 heterocycles. The van der Waals surface area contributed by atoms with Gasteiger partial charge in [-0.15, -0.1) is 0 Å². The molecule has 3 heteroatoms. The van der Waals surface area contributed by atoms with Gasteiger partial charge in [-0.1, -0.05) is 58.0 Å². The Morgan fingerprint density at radius 3 is 2.10 bits per heavy atom. The second-order valence-corrected chi connectivity index (χ2v) is 5.41. The highest BCUT2D eigenvalue weighted by Crippen LogP contribution is 2.20. The van der Waals surface area contributed by atoms with Gasteiger partial charge in [0.05, 0.1) is 6.04 Å². The van der Waals surface area contributed by atoms with Crippen molar-refractivity contribution in [3.8, 4) is 0 Å². The summed E-state index contributed by atoms with van der Waals surface area (Å²) in [5, 5.41) is 3.15. The lowest BCUT2D eigenvalue weighted by atomic mass is 10.0. The lowest BCUT2D eigenvalue weighted by Crippen LogP contribution is -2.40. The first-order chi connectivity index (χ1) is 10.2. The lowest BCUT2D eigenvalue weighted by Gasteiger charge is -2.30. The van der Waals surface area contributed by atoms with Crippen molar-refractivity contribution in [2.75, 3.05) is 19.6 Å². The van der Waals surface area contributed by atoms with Crippen LogP contribution in [0.25, 0.3) is 0 Å². The highest BCUT2D eigenvalue weighted by atomic mass is 16.1. The van der Waals surface area contributed by atoms with Gasteiger partial charge in [-0.05, 0) is 31.5 Å². The fourth-order valence-electron chi connectivity index (χ4n) is 2.80. The zero-order chi connectivity index (χ0) is 15.7. The van der Waals surface area contributed by atoms with E-state index in [1.54, 1.807) is 0 Å². The average molecular weight is 290 g/mol. The summed E-state index contributed by atoms with van der Waals surface area (Å²) in [6.45, 7) is 11.1. The van der Waals surface area contributed by atoms with Crippen LogP contribution in [-0.4, -0.2) is 30.4 Å². The number of hydrogen-bond acceptors (Lipinski definition) is 2. The van der Waals surface area contributed by atoms with Gasteiger partial charge in [-0.25, -0.2) is 0 Å². The van der Waals surface area contributed by atoms with Crippen LogP contribution in [-0.2, 0) is 4.79 Å². The number of carbonyl (C=O) groups is 1. The third-order valence-corrected chi connectivity index (χ3v) is 4.26. The predicted octanol–water partition coefficient (Wildman–Crippen LogP) is 3.62.